The van der Waals surface area contributed by atoms with Gasteiger partial charge in [-0.25, -0.2) is 0 Å². The van der Waals surface area contributed by atoms with Crippen molar-refractivity contribution in [1.82, 2.24) is 19.7 Å². The number of hydrogen-bond acceptors (Lipinski definition) is 3. The molecule has 1 aliphatic heterocycles. The zero-order valence-electron chi connectivity index (χ0n) is 16.0. The third kappa shape index (κ3) is 2.85. The van der Waals surface area contributed by atoms with E-state index < -0.39 is 0 Å². The predicted octanol–water partition coefficient (Wildman–Crippen LogP) is 5.99. The molecule has 0 atom stereocenters. The van der Waals surface area contributed by atoms with E-state index in [0.29, 0.717) is 5.92 Å². The van der Waals surface area contributed by atoms with E-state index in [4.69, 9.17) is 10.1 Å². The van der Waals surface area contributed by atoms with E-state index in [2.05, 4.69) is 63.7 Å². The van der Waals surface area contributed by atoms with E-state index in [1.54, 1.807) is 0 Å². The SMILES string of the molecule is CC(C)c1cc(-c2c(-c3ccccn3)nn3c2CCC3)c2ccc(Br)cc2n1. The first-order valence-electron chi connectivity index (χ1n) is 9.73. The number of rotatable bonds is 3. The van der Waals surface area contributed by atoms with Crippen LogP contribution in [0.4, 0.5) is 0 Å². The molecule has 1 aromatic carbocycles. The van der Waals surface area contributed by atoms with Gasteiger partial charge in [-0.2, -0.15) is 5.10 Å². The summed E-state index contributed by atoms with van der Waals surface area (Å²) in [6.07, 6.45) is 4.03. The highest BCUT2D eigenvalue weighted by Crippen LogP contribution is 2.41. The lowest BCUT2D eigenvalue weighted by Crippen LogP contribution is -1.97. The van der Waals surface area contributed by atoms with Gasteiger partial charge in [-0.3, -0.25) is 14.6 Å². The lowest BCUT2D eigenvalue weighted by atomic mass is 9.94. The van der Waals surface area contributed by atoms with Crippen LogP contribution in [-0.4, -0.2) is 19.7 Å². The van der Waals surface area contributed by atoms with Crippen LogP contribution in [0.5, 0.6) is 0 Å². The third-order valence-corrected chi connectivity index (χ3v) is 5.89. The van der Waals surface area contributed by atoms with Crippen molar-refractivity contribution in [2.45, 2.75) is 39.2 Å². The van der Waals surface area contributed by atoms with Gasteiger partial charge in [0, 0.05) is 39.6 Å². The van der Waals surface area contributed by atoms with Gasteiger partial charge in [0.2, 0.25) is 0 Å². The first kappa shape index (κ1) is 17.6. The van der Waals surface area contributed by atoms with Crippen LogP contribution < -0.4 is 0 Å². The lowest BCUT2D eigenvalue weighted by Gasteiger charge is -2.13. The Hall–Kier alpha value is -2.53. The Labute approximate surface area is 172 Å². The molecule has 3 aromatic heterocycles. The molecule has 0 aliphatic carbocycles. The van der Waals surface area contributed by atoms with E-state index in [9.17, 15) is 0 Å². The fraction of sp³-hybridized carbons (Fsp3) is 0.261. The van der Waals surface area contributed by atoms with Gasteiger partial charge in [0.25, 0.3) is 0 Å². The van der Waals surface area contributed by atoms with Crippen molar-refractivity contribution in [2.75, 3.05) is 0 Å². The van der Waals surface area contributed by atoms with Gasteiger partial charge in [-0.05, 0) is 54.7 Å². The van der Waals surface area contributed by atoms with Crippen LogP contribution in [0.25, 0.3) is 33.4 Å². The molecule has 0 N–H and O–H groups in total. The first-order chi connectivity index (χ1) is 13.6. The van der Waals surface area contributed by atoms with Gasteiger partial charge in [-0.15, -0.1) is 0 Å². The summed E-state index contributed by atoms with van der Waals surface area (Å²) in [5.41, 5.74) is 7.75. The fourth-order valence-corrected chi connectivity index (χ4v) is 4.37. The van der Waals surface area contributed by atoms with Crippen molar-refractivity contribution in [2.24, 2.45) is 0 Å². The van der Waals surface area contributed by atoms with Crippen LogP contribution in [0.3, 0.4) is 0 Å². The smallest absolute Gasteiger partial charge is 0.119 e. The van der Waals surface area contributed by atoms with Crippen molar-refractivity contribution in [3.05, 3.63) is 64.5 Å². The Morgan fingerprint density at radius 3 is 2.79 bits per heavy atom. The molecule has 4 aromatic rings. The van der Waals surface area contributed by atoms with E-state index in [1.807, 2.05) is 24.4 Å². The Morgan fingerprint density at radius 1 is 1.11 bits per heavy atom. The molecule has 0 saturated carbocycles. The van der Waals surface area contributed by atoms with Gasteiger partial charge >= 0.3 is 0 Å². The molecule has 5 rings (SSSR count). The molecule has 0 spiro atoms. The predicted molar refractivity (Wildman–Crippen MR) is 116 cm³/mol. The minimum Gasteiger partial charge on any atom is -0.268 e. The second-order valence-corrected chi connectivity index (χ2v) is 8.54. The number of aromatic nitrogens is 4. The molecule has 140 valence electrons. The van der Waals surface area contributed by atoms with Gasteiger partial charge < -0.3 is 0 Å². The number of hydrogen-bond donors (Lipinski definition) is 0. The van der Waals surface area contributed by atoms with E-state index >= 15 is 0 Å². The summed E-state index contributed by atoms with van der Waals surface area (Å²) in [6.45, 7) is 5.36. The summed E-state index contributed by atoms with van der Waals surface area (Å²) < 4.78 is 3.21. The monoisotopic (exact) mass is 432 g/mol. The molecule has 4 nitrogen and oxygen atoms in total. The summed E-state index contributed by atoms with van der Waals surface area (Å²) in [5.74, 6) is 0.351. The van der Waals surface area contributed by atoms with Gasteiger partial charge in [0.05, 0.1) is 11.2 Å². The largest absolute Gasteiger partial charge is 0.268 e. The molecule has 4 heterocycles. The van der Waals surface area contributed by atoms with Crippen molar-refractivity contribution < 1.29 is 0 Å². The van der Waals surface area contributed by atoms with Crippen LogP contribution >= 0.6 is 15.9 Å². The van der Waals surface area contributed by atoms with E-state index in [0.717, 1.165) is 51.8 Å². The molecular formula is C23H21BrN4. The lowest BCUT2D eigenvalue weighted by molar-refractivity contribution is 0.658. The average Bonchev–Trinajstić information content (AvgIpc) is 3.28. The first-order valence-corrected chi connectivity index (χ1v) is 10.5. The number of halogens is 1. The molecule has 0 fully saturated rings. The Bertz CT molecular complexity index is 1180. The quantitative estimate of drug-likeness (QED) is 0.399. The molecule has 1 aliphatic rings. The average molecular weight is 433 g/mol. The summed E-state index contributed by atoms with van der Waals surface area (Å²) in [4.78, 5) is 9.53. The zero-order valence-corrected chi connectivity index (χ0v) is 17.6. The highest BCUT2D eigenvalue weighted by molar-refractivity contribution is 9.10. The standard InChI is InChI=1S/C23H21BrN4/c1-14(2)19-13-17(16-9-8-15(24)12-20(16)26-19)22-21-7-5-11-28(21)27-23(22)18-6-3-4-10-25-18/h3-4,6,8-10,12-14H,5,7,11H2,1-2H3. The maximum Gasteiger partial charge on any atom is 0.119 e. The van der Waals surface area contributed by atoms with Crippen molar-refractivity contribution in [3.63, 3.8) is 0 Å². The maximum absolute atomic E-state index is 4.96. The van der Waals surface area contributed by atoms with Crippen molar-refractivity contribution in [1.29, 1.82) is 0 Å². The summed E-state index contributed by atoms with van der Waals surface area (Å²) in [7, 11) is 0. The molecule has 0 radical (unpaired) electrons. The number of pyridine rings is 2. The molecular weight excluding hydrogens is 412 g/mol. The van der Waals surface area contributed by atoms with Crippen LogP contribution in [-0.2, 0) is 13.0 Å². The summed E-state index contributed by atoms with van der Waals surface area (Å²) in [6, 6.07) is 14.6. The Balaban J connectivity index is 1.86. The Kier molecular flexibility index (Phi) is 4.27. The minimum absolute atomic E-state index is 0.351. The Morgan fingerprint density at radius 2 is 2.00 bits per heavy atom. The molecule has 0 bridgehead atoms. The van der Waals surface area contributed by atoms with Gasteiger partial charge in [-0.1, -0.05) is 41.9 Å². The fourth-order valence-electron chi connectivity index (χ4n) is 4.02. The minimum atomic E-state index is 0.351. The summed E-state index contributed by atoms with van der Waals surface area (Å²) in [5, 5.41) is 6.12. The van der Waals surface area contributed by atoms with Crippen LogP contribution in [0.2, 0.25) is 0 Å². The number of nitrogens with zero attached hydrogens (tertiary/aromatic N) is 4. The molecule has 0 unspecified atom stereocenters. The molecule has 0 saturated heterocycles. The van der Waals surface area contributed by atoms with Crippen LogP contribution in [0.15, 0.2) is 53.1 Å². The van der Waals surface area contributed by atoms with Crippen LogP contribution in [0, 0.1) is 0 Å². The second-order valence-electron chi connectivity index (χ2n) is 7.62. The van der Waals surface area contributed by atoms with E-state index in [-0.39, 0.29) is 0 Å². The van der Waals surface area contributed by atoms with Crippen molar-refractivity contribution >= 4 is 26.8 Å². The maximum atomic E-state index is 4.96. The number of benzene rings is 1. The van der Waals surface area contributed by atoms with Gasteiger partial charge in [0.1, 0.15) is 5.69 Å². The summed E-state index contributed by atoms with van der Waals surface area (Å²) >= 11 is 3.60. The highest BCUT2D eigenvalue weighted by Gasteiger charge is 2.26. The molecule has 0 amide bonds. The molecule has 5 heteroatoms. The highest BCUT2D eigenvalue weighted by atomic mass is 79.9. The normalized spacial score (nSPS) is 13.4. The van der Waals surface area contributed by atoms with E-state index in [1.165, 1.54) is 16.8 Å². The number of fused-ring (bicyclic) bond motifs is 2. The zero-order chi connectivity index (χ0) is 19.3. The van der Waals surface area contributed by atoms with Crippen LogP contribution in [0.1, 0.15) is 37.6 Å². The second kappa shape index (κ2) is 6.82. The molecule has 28 heavy (non-hydrogen) atoms. The van der Waals surface area contributed by atoms with Gasteiger partial charge in [0.15, 0.2) is 0 Å². The topological polar surface area (TPSA) is 43.6 Å². The van der Waals surface area contributed by atoms with Crippen molar-refractivity contribution in [3.8, 4) is 22.5 Å². The third-order valence-electron chi connectivity index (χ3n) is 5.40. The number of aryl methyl sites for hydroxylation is 1.